The average Bonchev–Trinajstić information content (AvgIpc) is 4.20. The van der Waals surface area contributed by atoms with Gasteiger partial charge in [0.25, 0.3) is 11.8 Å². The Balaban J connectivity index is 1.07. The minimum absolute atomic E-state index is 0.000781. The highest BCUT2D eigenvalue weighted by molar-refractivity contribution is 7.13. The van der Waals surface area contributed by atoms with Crippen molar-refractivity contribution in [2.45, 2.75) is 119 Å². The molecule has 1 aliphatic heterocycles. The molecule has 23 heteroatoms. The van der Waals surface area contributed by atoms with Crippen LogP contribution in [0.3, 0.4) is 0 Å². The summed E-state index contributed by atoms with van der Waals surface area (Å²) in [4.78, 5) is 104. The fraction of sp³-hybridized carbons (Fsp3) is 0.420. The fourth-order valence-electron chi connectivity index (χ4n) is 7.53. The Kier molecular flexibility index (Phi) is 16.2. The van der Waals surface area contributed by atoms with E-state index >= 15 is 0 Å². The van der Waals surface area contributed by atoms with E-state index in [4.69, 9.17) is 37.7 Å². The van der Waals surface area contributed by atoms with Gasteiger partial charge in [-0.1, -0.05) is 44.2 Å². The van der Waals surface area contributed by atoms with E-state index < -0.39 is 65.2 Å². The number of ether oxygens (including phenoxy) is 4. The average molecular weight is 1040 g/mol. The van der Waals surface area contributed by atoms with E-state index in [0.29, 0.717) is 21.3 Å². The zero-order valence-corrected chi connectivity index (χ0v) is 43.9. The molecule has 73 heavy (non-hydrogen) atoms. The SMILES string of the molecule is CCOC(=O)c1csc([C@H](C)NC(=O)c2nc(CNC(=O)[C@@H](NC(=O)c3csc(-c4ccc(C(=O)OC(C)(C)C)nc4-c4nc([C@@H]5COC(C)(C)N5C(=O)OCc5ccccc5)oc4C)n3)C(C)C)oc2C)n1. The Morgan fingerprint density at radius 1 is 0.808 bits per heavy atom. The molecule has 1 fully saturated rings. The highest BCUT2D eigenvalue weighted by Gasteiger charge is 2.48. The van der Waals surface area contributed by atoms with Gasteiger partial charge < -0.3 is 43.7 Å². The summed E-state index contributed by atoms with van der Waals surface area (Å²) in [6, 6.07) is 9.98. The van der Waals surface area contributed by atoms with E-state index in [2.05, 4.69) is 30.9 Å². The van der Waals surface area contributed by atoms with Gasteiger partial charge >= 0.3 is 18.0 Å². The molecule has 386 valence electrons. The molecule has 1 aromatic carbocycles. The van der Waals surface area contributed by atoms with Crippen molar-refractivity contribution in [2.24, 2.45) is 5.92 Å². The molecule has 0 unspecified atom stereocenters. The molecule has 1 saturated heterocycles. The number of pyridine rings is 1. The summed E-state index contributed by atoms with van der Waals surface area (Å²) in [6.07, 6.45) is -0.640. The number of nitrogens with one attached hydrogen (secondary N) is 3. The van der Waals surface area contributed by atoms with Crippen LogP contribution in [0.5, 0.6) is 0 Å². The summed E-state index contributed by atoms with van der Waals surface area (Å²) in [7, 11) is 0. The van der Waals surface area contributed by atoms with Gasteiger partial charge in [0, 0.05) is 16.3 Å². The number of rotatable bonds is 17. The quantitative estimate of drug-likeness (QED) is 0.0575. The molecule has 0 spiro atoms. The number of aryl methyl sites for hydroxylation is 2. The maximum Gasteiger partial charge on any atom is 0.413 e. The van der Waals surface area contributed by atoms with Gasteiger partial charge in [-0.3, -0.25) is 19.3 Å². The Labute approximate surface area is 428 Å². The van der Waals surface area contributed by atoms with E-state index in [1.165, 1.54) is 27.7 Å². The first-order valence-electron chi connectivity index (χ1n) is 23.3. The van der Waals surface area contributed by atoms with E-state index in [1.54, 1.807) is 87.6 Å². The topological polar surface area (TPSA) is 269 Å². The van der Waals surface area contributed by atoms with Crippen molar-refractivity contribution >= 4 is 58.4 Å². The zero-order chi connectivity index (χ0) is 52.9. The van der Waals surface area contributed by atoms with E-state index in [0.717, 1.165) is 16.9 Å². The predicted molar refractivity (Wildman–Crippen MR) is 265 cm³/mol. The standard InChI is InChI=1S/C50H57N9O12S2/c1-12-66-46(63)33-24-72-44(55-33)26(4)52-42(62)38-28(6)69-35(56-38)20-51-41(61)36(25(2)3)57-40(60)32-23-73-45(54-32)30-18-19-31(47(64)71-49(7,8)9)53-39(30)37-27(5)70-43(58-37)34-22-68-50(10,11)59(34)48(65)67-21-29-16-14-13-15-17-29/h13-19,23-26,34,36H,12,20-22H2,1-11H3,(H,51,61)(H,52,62)(H,57,60)/t26-,34-,36-/m0/s1. The zero-order valence-electron chi connectivity index (χ0n) is 42.2. The lowest BCUT2D eigenvalue weighted by atomic mass is 10.0. The van der Waals surface area contributed by atoms with Gasteiger partial charge in [0.05, 0.1) is 25.8 Å². The van der Waals surface area contributed by atoms with Gasteiger partial charge in [0.1, 0.15) is 74.3 Å². The minimum Gasteiger partial charge on any atom is -0.461 e. The third-order valence-electron chi connectivity index (χ3n) is 11.1. The normalized spacial score (nSPS) is 15.1. The third kappa shape index (κ3) is 12.6. The van der Waals surface area contributed by atoms with Crippen LogP contribution in [0.25, 0.3) is 22.0 Å². The second-order valence-electron chi connectivity index (χ2n) is 18.7. The van der Waals surface area contributed by atoms with Gasteiger partial charge in [-0.15, -0.1) is 22.7 Å². The molecule has 0 aliphatic carbocycles. The van der Waals surface area contributed by atoms with Crippen LogP contribution in [0.4, 0.5) is 4.79 Å². The summed E-state index contributed by atoms with van der Waals surface area (Å²) in [5.41, 5.74) is -0.173. The van der Waals surface area contributed by atoms with Crippen molar-refractivity contribution in [1.82, 2.24) is 45.8 Å². The number of aromatic nitrogens is 5. The number of amides is 4. The second kappa shape index (κ2) is 22.2. The Morgan fingerprint density at radius 3 is 2.23 bits per heavy atom. The fourth-order valence-corrected chi connectivity index (χ4v) is 9.15. The van der Waals surface area contributed by atoms with E-state index in [9.17, 15) is 28.8 Å². The third-order valence-corrected chi connectivity index (χ3v) is 13.0. The lowest BCUT2D eigenvalue weighted by Gasteiger charge is -2.31. The number of carbonyl (C=O) groups excluding carboxylic acids is 6. The number of oxazole rings is 2. The van der Waals surface area contributed by atoms with Crippen LogP contribution in [-0.4, -0.2) is 96.2 Å². The molecule has 1 aliphatic rings. The number of nitrogens with zero attached hydrogens (tertiary/aromatic N) is 6. The summed E-state index contributed by atoms with van der Waals surface area (Å²) in [6.45, 7) is 18.9. The van der Waals surface area contributed by atoms with Crippen LogP contribution >= 0.6 is 22.7 Å². The first-order chi connectivity index (χ1) is 34.5. The molecule has 0 bridgehead atoms. The number of esters is 2. The van der Waals surface area contributed by atoms with Crippen LogP contribution in [0.15, 0.2) is 62.1 Å². The first-order valence-corrected chi connectivity index (χ1v) is 25.1. The molecule has 21 nitrogen and oxygen atoms in total. The van der Waals surface area contributed by atoms with Gasteiger partial charge in [0.2, 0.25) is 17.7 Å². The van der Waals surface area contributed by atoms with Crippen LogP contribution in [-0.2, 0) is 36.9 Å². The monoisotopic (exact) mass is 1040 g/mol. The number of carbonyl (C=O) groups is 6. The number of benzene rings is 1. The number of thiazole rings is 2. The molecule has 0 saturated carbocycles. The lowest BCUT2D eigenvalue weighted by molar-refractivity contribution is -0.124. The molecule has 3 N–H and O–H groups in total. The lowest BCUT2D eigenvalue weighted by Crippen LogP contribution is -2.49. The van der Waals surface area contributed by atoms with Gasteiger partial charge in [-0.2, -0.15) is 0 Å². The van der Waals surface area contributed by atoms with Crippen molar-refractivity contribution < 1.29 is 56.5 Å². The van der Waals surface area contributed by atoms with Crippen LogP contribution in [0.1, 0.15) is 150 Å². The number of hydrogen-bond acceptors (Lipinski definition) is 19. The highest BCUT2D eigenvalue weighted by atomic mass is 32.1. The summed E-state index contributed by atoms with van der Waals surface area (Å²) >= 11 is 2.32. The minimum atomic E-state index is -1.09. The number of hydrogen-bond donors (Lipinski definition) is 3. The first kappa shape index (κ1) is 53.4. The second-order valence-corrected chi connectivity index (χ2v) is 20.4. The van der Waals surface area contributed by atoms with Crippen molar-refractivity contribution in [3.63, 3.8) is 0 Å². The Morgan fingerprint density at radius 2 is 1.53 bits per heavy atom. The summed E-state index contributed by atoms with van der Waals surface area (Å²) in [5.74, 6) is -2.67. The molecule has 0 radical (unpaired) electrons. The summed E-state index contributed by atoms with van der Waals surface area (Å²) in [5, 5.41) is 12.2. The van der Waals surface area contributed by atoms with Crippen molar-refractivity contribution in [1.29, 1.82) is 0 Å². The van der Waals surface area contributed by atoms with Crippen molar-refractivity contribution in [3.05, 3.63) is 110 Å². The van der Waals surface area contributed by atoms with Gasteiger partial charge in [-0.25, -0.2) is 39.3 Å². The highest BCUT2D eigenvalue weighted by Crippen LogP contribution is 2.41. The van der Waals surface area contributed by atoms with Gasteiger partial charge in [0.15, 0.2) is 11.4 Å². The molecule has 5 aromatic heterocycles. The smallest absolute Gasteiger partial charge is 0.413 e. The molecule has 3 atom stereocenters. The Bertz CT molecular complexity index is 3010. The maximum atomic E-state index is 13.9. The largest absolute Gasteiger partial charge is 0.461 e. The maximum absolute atomic E-state index is 13.9. The van der Waals surface area contributed by atoms with Crippen LogP contribution in [0, 0.1) is 19.8 Å². The van der Waals surface area contributed by atoms with Crippen LogP contribution < -0.4 is 16.0 Å². The molecule has 6 aromatic rings. The van der Waals surface area contributed by atoms with Crippen LogP contribution in [0.2, 0.25) is 0 Å². The van der Waals surface area contributed by atoms with E-state index in [-0.39, 0.29) is 84.0 Å². The summed E-state index contributed by atoms with van der Waals surface area (Å²) < 4.78 is 34.3. The Hall–Kier alpha value is -7.37. The molecular formula is C50H57N9O12S2. The molecular weight excluding hydrogens is 983 g/mol. The van der Waals surface area contributed by atoms with E-state index in [1.807, 2.05) is 30.3 Å². The molecule has 7 rings (SSSR count). The molecule has 6 heterocycles. The molecule has 4 amide bonds. The van der Waals surface area contributed by atoms with Crippen molar-refractivity contribution in [3.8, 4) is 22.0 Å². The predicted octanol–water partition coefficient (Wildman–Crippen LogP) is 8.06. The van der Waals surface area contributed by atoms with Gasteiger partial charge in [-0.05, 0) is 85.9 Å². The van der Waals surface area contributed by atoms with Crippen molar-refractivity contribution in [2.75, 3.05) is 13.2 Å².